The van der Waals surface area contributed by atoms with Gasteiger partial charge in [0.1, 0.15) is 0 Å². The van der Waals surface area contributed by atoms with Gasteiger partial charge < -0.3 is 10.0 Å². The average Bonchev–Trinajstić information content (AvgIpc) is 2.70. The van der Waals surface area contributed by atoms with Crippen LogP contribution in [0.25, 0.3) is 0 Å². The second kappa shape index (κ2) is 5.33. The maximum atomic E-state index is 9.21. The van der Waals surface area contributed by atoms with Crippen LogP contribution in [0.15, 0.2) is 0 Å². The van der Waals surface area contributed by atoms with E-state index >= 15 is 0 Å². The number of thiazole rings is 1. The number of anilines is 1. The molecule has 0 saturated carbocycles. The summed E-state index contributed by atoms with van der Waals surface area (Å²) < 4.78 is 0. The molecule has 2 heterocycles. The highest BCUT2D eigenvalue weighted by molar-refractivity contribution is 7.15. The van der Waals surface area contributed by atoms with E-state index in [0.717, 1.165) is 41.9 Å². The Morgan fingerprint density at radius 2 is 2.24 bits per heavy atom. The van der Waals surface area contributed by atoms with Gasteiger partial charge in [-0.1, -0.05) is 18.3 Å². The van der Waals surface area contributed by atoms with Gasteiger partial charge in [0.25, 0.3) is 0 Å². The summed E-state index contributed by atoms with van der Waals surface area (Å²) in [6, 6.07) is 0.579. The average molecular weight is 255 g/mol. The number of likely N-dealkylation sites (N-methyl/N-ethyl adjacent to an activating group) is 1. The molecule has 2 rings (SSSR count). The summed E-state index contributed by atoms with van der Waals surface area (Å²) in [6.45, 7) is 10.8. The number of hydrogen-bond donors (Lipinski definition) is 1. The highest BCUT2D eigenvalue weighted by atomic mass is 32.1. The minimum Gasteiger partial charge on any atom is -0.391 e. The van der Waals surface area contributed by atoms with Crippen molar-refractivity contribution >= 4 is 16.5 Å². The fourth-order valence-electron chi connectivity index (χ4n) is 2.33. The van der Waals surface area contributed by atoms with Gasteiger partial charge in [-0.25, -0.2) is 4.98 Å². The van der Waals surface area contributed by atoms with Crippen LogP contribution in [0.3, 0.4) is 0 Å². The zero-order valence-corrected chi connectivity index (χ0v) is 11.6. The topological polar surface area (TPSA) is 39.6 Å². The molecule has 0 bridgehead atoms. The lowest BCUT2D eigenvalue weighted by Crippen LogP contribution is -2.51. The first-order valence-electron chi connectivity index (χ1n) is 6.21. The Labute approximate surface area is 107 Å². The van der Waals surface area contributed by atoms with Crippen molar-refractivity contribution in [1.29, 1.82) is 0 Å². The van der Waals surface area contributed by atoms with Gasteiger partial charge >= 0.3 is 0 Å². The predicted molar refractivity (Wildman–Crippen MR) is 71.7 cm³/mol. The summed E-state index contributed by atoms with van der Waals surface area (Å²) in [5.41, 5.74) is 0.970. The van der Waals surface area contributed by atoms with E-state index in [1.165, 1.54) is 0 Å². The van der Waals surface area contributed by atoms with Crippen molar-refractivity contribution in [1.82, 2.24) is 9.88 Å². The Balaban J connectivity index is 2.08. The summed E-state index contributed by atoms with van der Waals surface area (Å²) in [7, 11) is 0. The number of aryl methyl sites for hydroxylation is 1. The van der Waals surface area contributed by atoms with Crippen LogP contribution in [0.1, 0.15) is 24.4 Å². The van der Waals surface area contributed by atoms with Crippen molar-refractivity contribution in [3.8, 4) is 0 Å². The molecule has 1 fully saturated rings. The third-order valence-corrected chi connectivity index (χ3v) is 4.67. The number of rotatable bonds is 3. The van der Waals surface area contributed by atoms with Crippen LogP contribution in [0.5, 0.6) is 0 Å². The molecular formula is C12H21N3OS. The second-order valence-electron chi connectivity index (χ2n) is 4.59. The van der Waals surface area contributed by atoms with Gasteiger partial charge in [-0.05, 0) is 20.4 Å². The van der Waals surface area contributed by atoms with E-state index in [-0.39, 0.29) is 6.61 Å². The minimum absolute atomic E-state index is 0.105. The van der Waals surface area contributed by atoms with Crippen molar-refractivity contribution < 1.29 is 5.11 Å². The van der Waals surface area contributed by atoms with Crippen molar-refractivity contribution in [2.45, 2.75) is 33.4 Å². The summed E-state index contributed by atoms with van der Waals surface area (Å²) in [6.07, 6.45) is 0. The molecule has 1 aliphatic rings. The normalized spacial score (nSPS) is 22.1. The van der Waals surface area contributed by atoms with Gasteiger partial charge in [0.2, 0.25) is 0 Å². The van der Waals surface area contributed by atoms with E-state index in [4.69, 9.17) is 0 Å². The van der Waals surface area contributed by atoms with E-state index < -0.39 is 0 Å². The van der Waals surface area contributed by atoms with E-state index in [9.17, 15) is 5.11 Å². The van der Waals surface area contributed by atoms with Crippen LogP contribution in [-0.4, -0.2) is 47.2 Å². The van der Waals surface area contributed by atoms with Gasteiger partial charge in [-0.3, -0.25) is 4.90 Å². The maximum Gasteiger partial charge on any atom is 0.185 e. The van der Waals surface area contributed by atoms with Gasteiger partial charge in [0.05, 0.1) is 17.2 Å². The molecule has 4 nitrogen and oxygen atoms in total. The standard InChI is InChI=1S/C12H21N3OS/c1-4-14-5-6-15(7-9(14)2)12-13-10(3)11(8-16)17-12/h9,16H,4-8H2,1-3H3. The maximum absolute atomic E-state index is 9.21. The molecule has 0 aromatic carbocycles. The third kappa shape index (κ3) is 2.61. The molecule has 0 aliphatic carbocycles. The zero-order chi connectivity index (χ0) is 12.4. The van der Waals surface area contributed by atoms with Gasteiger partial charge in [-0.2, -0.15) is 0 Å². The Morgan fingerprint density at radius 1 is 1.47 bits per heavy atom. The zero-order valence-electron chi connectivity index (χ0n) is 10.8. The van der Waals surface area contributed by atoms with Crippen LogP contribution >= 0.6 is 11.3 Å². The molecule has 1 unspecified atom stereocenters. The Kier molecular flexibility index (Phi) is 4.01. The second-order valence-corrected chi connectivity index (χ2v) is 5.65. The molecule has 0 spiro atoms. The van der Waals surface area contributed by atoms with Crippen molar-refractivity contribution in [3.63, 3.8) is 0 Å². The fourth-order valence-corrected chi connectivity index (χ4v) is 3.29. The van der Waals surface area contributed by atoms with Crippen LogP contribution in [0.4, 0.5) is 5.13 Å². The number of aromatic nitrogens is 1. The Bertz CT molecular complexity index is 380. The van der Waals surface area contributed by atoms with Crippen LogP contribution < -0.4 is 4.90 Å². The summed E-state index contributed by atoms with van der Waals surface area (Å²) in [5.74, 6) is 0. The quantitative estimate of drug-likeness (QED) is 0.888. The number of aliphatic hydroxyl groups is 1. The molecule has 0 amide bonds. The molecule has 1 atom stereocenters. The molecule has 5 heteroatoms. The van der Waals surface area contributed by atoms with E-state index in [1.807, 2.05) is 6.92 Å². The van der Waals surface area contributed by atoms with E-state index in [2.05, 4.69) is 28.6 Å². The van der Waals surface area contributed by atoms with Gasteiger partial charge in [0, 0.05) is 25.7 Å². The first-order valence-corrected chi connectivity index (χ1v) is 7.03. The van der Waals surface area contributed by atoms with Gasteiger partial charge in [-0.15, -0.1) is 0 Å². The summed E-state index contributed by atoms with van der Waals surface area (Å²) in [5, 5.41) is 10.3. The largest absolute Gasteiger partial charge is 0.391 e. The molecule has 1 N–H and O–H groups in total. The lowest BCUT2D eigenvalue weighted by molar-refractivity contribution is 0.199. The first-order chi connectivity index (χ1) is 8.15. The smallest absolute Gasteiger partial charge is 0.185 e. The summed E-state index contributed by atoms with van der Waals surface area (Å²) in [4.78, 5) is 10.4. The first kappa shape index (κ1) is 12.8. The molecule has 1 aromatic rings. The Morgan fingerprint density at radius 3 is 2.76 bits per heavy atom. The third-order valence-electron chi connectivity index (χ3n) is 3.47. The number of aliphatic hydroxyl groups excluding tert-OH is 1. The van der Waals surface area contributed by atoms with Crippen LogP contribution in [0.2, 0.25) is 0 Å². The number of nitrogens with zero attached hydrogens (tertiary/aromatic N) is 3. The van der Waals surface area contributed by atoms with Crippen molar-refractivity contribution in [3.05, 3.63) is 10.6 Å². The lowest BCUT2D eigenvalue weighted by Gasteiger charge is -2.39. The predicted octanol–water partition coefficient (Wildman–Crippen LogP) is 1.47. The molecule has 1 aliphatic heterocycles. The van der Waals surface area contributed by atoms with Crippen LogP contribution in [-0.2, 0) is 6.61 Å². The van der Waals surface area contributed by atoms with Gasteiger partial charge in [0.15, 0.2) is 5.13 Å². The molecule has 96 valence electrons. The number of piperazine rings is 1. The van der Waals surface area contributed by atoms with E-state index in [0.29, 0.717) is 6.04 Å². The SMILES string of the molecule is CCN1CCN(c2nc(C)c(CO)s2)CC1C. The van der Waals surface area contributed by atoms with E-state index in [1.54, 1.807) is 11.3 Å². The highest BCUT2D eigenvalue weighted by Gasteiger charge is 2.24. The fraction of sp³-hybridized carbons (Fsp3) is 0.750. The van der Waals surface area contributed by atoms with Crippen LogP contribution in [0, 0.1) is 6.92 Å². The molecule has 17 heavy (non-hydrogen) atoms. The number of hydrogen-bond acceptors (Lipinski definition) is 5. The molecule has 1 saturated heterocycles. The lowest BCUT2D eigenvalue weighted by atomic mass is 10.2. The van der Waals surface area contributed by atoms with Crippen molar-refractivity contribution in [2.24, 2.45) is 0 Å². The molecular weight excluding hydrogens is 234 g/mol. The highest BCUT2D eigenvalue weighted by Crippen LogP contribution is 2.27. The monoisotopic (exact) mass is 255 g/mol. The molecule has 0 radical (unpaired) electrons. The summed E-state index contributed by atoms with van der Waals surface area (Å²) >= 11 is 1.62. The van der Waals surface area contributed by atoms with Crippen molar-refractivity contribution in [2.75, 3.05) is 31.1 Å². The minimum atomic E-state index is 0.105. The Hall–Kier alpha value is -0.650. The molecule has 1 aromatic heterocycles.